The zero-order chi connectivity index (χ0) is 21.2. The summed E-state index contributed by atoms with van der Waals surface area (Å²) >= 11 is 0. The molecule has 0 bridgehead atoms. The number of hydrogen-bond donors (Lipinski definition) is 2. The van der Waals surface area contributed by atoms with E-state index in [1.165, 1.54) is 12.1 Å². The summed E-state index contributed by atoms with van der Waals surface area (Å²) in [5.41, 5.74) is 2.07. The monoisotopic (exact) mass is 536 g/mol. The minimum Gasteiger partial charge on any atom is -0.497 e. The first kappa shape index (κ1) is 24.4. The van der Waals surface area contributed by atoms with E-state index in [4.69, 9.17) is 9.47 Å². The van der Waals surface area contributed by atoms with Crippen molar-refractivity contribution in [2.45, 2.75) is 20.0 Å². The van der Waals surface area contributed by atoms with Crippen molar-refractivity contribution in [2.75, 3.05) is 13.7 Å². The molecule has 6 nitrogen and oxygen atoms in total. The van der Waals surface area contributed by atoms with Crippen molar-refractivity contribution in [1.29, 1.82) is 0 Å². The Morgan fingerprint density at radius 3 is 2.35 bits per heavy atom. The van der Waals surface area contributed by atoms with E-state index in [0.29, 0.717) is 30.7 Å². The van der Waals surface area contributed by atoms with Gasteiger partial charge in [-0.3, -0.25) is 0 Å². The summed E-state index contributed by atoms with van der Waals surface area (Å²) < 4.78 is 23.9. The molecule has 2 aromatic carbocycles. The largest absolute Gasteiger partial charge is 0.497 e. The summed E-state index contributed by atoms with van der Waals surface area (Å²) in [7, 11) is 1.65. The van der Waals surface area contributed by atoms with Gasteiger partial charge in [0.2, 0.25) is 5.88 Å². The SMILES string of the molecule is CCNC(=NCc1ccnc(Oc2ccc(F)cc2)c1)NCc1ccc(OC)cc1.I. The maximum atomic E-state index is 13.0. The van der Waals surface area contributed by atoms with E-state index < -0.39 is 0 Å². The van der Waals surface area contributed by atoms with Crippen molar-refractivity contribution in [3.63, 3.8) is 0 Å². The second-order valence-electron chi connectivity index (χ2n) is 6.46. The molecule has 0 amide bonds. The fraction of sp³-hybridized carbons (Fsp3) is 0.217. The molecular formula is C23H26FIN4O2. The van der Waals surface area contributed by atoms with E-state index in [1.54, 1.807) is 25.4 Å². The van der Waals surface area contributed by atoms with Crippen LogP contribution in [0.25, 0.3) is 0 Å². The second kappa shape index (κ2) is 12.7. The van der Waals surface area contributed by atoms with Crippen LogP contribution in [0.15, 0.2) is 71.9 Å². The Bertz CT molecular complexity index is 966. The molecule has 0 unspecified atom stereocenters. The number of pyridine rings is 1. The lowest BCUT2D eigenvalue weighted by molar-refractivity contribution is 0.414. The third-order valence-corrected chi connectivity index (χ3v) is 4.22. The average Bonchev–Trinajstić information content (AvgIpc) is 2.78. The smallest absolute Gasteiger partial charge is 0.219 e. The molecule has 0 saturated heterocycles. The fourth-order valence-corrected chi connectivity index (χ4v) is 2.67. The van der Waals surface area contributed by atoms with Crippen LogP contribution in [0.2, 0.25) is 0 Å². The molecule has 0 aliphatic heterocycles. The Morgan fingerprint density at radius 2 is 1.68 bits per heavy atom. The molecule has 8 heteroatoms. The molecule has 0 saturated carbocycles. The van der Waals surface area contributed by atoms with Crippen LogP contribution in [0, 0.1) is 5.82 Å². The van der Waals surface area contributed by atoms with Crippen molar-refractivity contribution in [1.82, 2.24) is 15.6 Å². The maximum Gasteiger partial charge on any atom is 0.219 e. The van der Waals surface area contributed by atoms with E-state index in [-0.39, 0.29) is 29.8 Å². The van der Waals surface area contributed by atoms with Crippen LogP contribution in [0.1, 0.15) is 18.1 Å². The topological polar surface area (TPSA) is 67.8 Å². The van der Waals surface area contributed by atoms with Gasteiger partial charge in [0.15, 0.2) is 5.96 Å². The Morgan fingerprint density at radius 1 is 0.968 bits per heavy atom. The lowest BCUT2D eigenvalue weighted by Gasteiger charge is -2.12. The summed E-state index contributed by atoms with van der Waals surface area (Å²) in [6.45, 7) is 3.88. The lowest BCUT2D eigenvalue weighted by Crippen LogP contribution is -2.36. The number of nitrogens with one attached hydrogen (secondary N) is 2. The van der Waals surface area contributed by atoms with Gasteiger partial charge in [-0.15, -0.1) is 24.0 Å². The first-order valence-corrected chi connectivity index (χ1v) is 9.69. The van der Waals surface area contributed by atoms with Gasteiger partial charge in [-0.05, 0) is 60.5 Å². The zero-order valence-corrected chi connectivity index (χ0v) is 19.8. The first-order chi connectivity index (χ1) is 14.7. The molecule has 0 atom stereocenters. The standard InChI is InChI=1S/C23H25FN4O2.HI/c1-3-25-23(27-15-17-4-8-20(29-2)9-5-17)28-16-18-12-13-26-22(14-18)30-21-10-6-19(24)7-11-21;/h4-14H,3,15-16H2,1-2H3,(H2,25,27,28);1H. The highest BCUT2D eigenvalue weighted by molar-refractivity contribution is 14.0. The van der Waals surface area contributed by atoms with Crippen molar-refractivity contribution in [3.05, 3.63) is 83.8 Å². The molecular weight excluding hydrogens is 510 g/mol. The number of aliphatic imine (C=N–C) groups is 1. The van der Waals surface area contributed by atoms with Gasteiger partial charge in [-0.2, -0.15) is 0 Å². The minimum absolute atomic E-state index is 0. The van der Waals surface area contributed by atoms with Gasteiger partial charge in [-0.25, -0.2) is 14.4 Å². The number of halogens is 2. The predicted octanol–water partition coefficient (Wildman–Crippen LogP) is 4.89. The third kappa shape index (κ3) is 8.05. The molecule has 0 aliphatic carbocycles. The van der Waals surface area contributed by atoms with Crippen molar-refractivity contribution in [3.8, 4) is 17.4 Å². The first-order valence-electron chi connectivity index (χ1n) is 9.69. The van der Waals surface area contributed by atoms with Gasteiger partial charge in [0.1, 0.15) is 17.3 Å². The van der Waals surface area contributed by atoms with Crippen LogP contribution in [0.4, 0.5) is 4.39 Å². The van der Waals surface area contributed by atoms with Gasteiger partial charge < -0.3 is 20.1 Å². The highest BCUT2D eigenvalue weighted by Gasteiger charge is 2.03. The van der Waals surface area contributed by atoms with Gasteiger partial charge in [0.25, 0.3) is 0 Å². The van der Waals surface area contributed by atoms with Crippen molar-refractivity contribution in [2.24, 2.45) is 4.99 Å². The summed E-state index contributed by atoms with van der Waals surface area (Å²) in [6.07, 6.45) is 1.67. The second-order valence-corrected chi connectivity index (χ2v) is 6.46. The number of methoxy groups -OCH3 is 1. The zero-order valence-electron chi connectivity index (χ0n) is 17.5. The van der Waals surface area contributed by atoms with Crippen LogP contribution in [0.3, 0.4) is 0 Å². The van der Waals surface area contributed by atoms with Gasteiger partial charge in [-0.1, -0.05) is 12.1 Å². The Labute approximate surface area is 198 Å². The van der Waals surface area contributed by atoms with Crippen LogP contribution >= 0.6 is 24.0 Å². The highest BCUT2D eigenvalue weighted by atomic mass is 127. The number of ether oxygens (including phenoxy) is 2. The van der Waals surface area contributed by atoms with E-state index >= 15 is 0 Å². The van der Waals surface area contributed by atoms with Gasteiger partial charge in [0.05, 0.1) is 13.7 Å². The average molecular weight is 536 g/mol. The number of rotatable bonds is 8. The molecule has 2 N–H and O–H groups in total. The minimum atomic E-state index is -0.309. The van der Waals surface area contributed by atoms with Crippen molar-refractivity contribution >= 4 is 29.9 Å². The molecule has 164 valence electrons. The van der Waals surface area contributed by atoms with E-state index in [2.05, 4.69) is 20.6 Å². The molecule has 0 fully saturated rings. The quantitative estimate of drug-likeness (QED) is 0.244. The number of benzene rings is 2. The van der Waals surface area contributed by atoms with E-state index in [0.717, 1.165) is 23.4 Å². The van der Waals surface area contributed by atoms with E-state index in [9.17, 15) is 4.39 Å². The normalized spacial score (nSPS) is 10.7. The summed E-state index contributed by atoms with van der Waals surface area (Å²) in [6, 6.07) is 17.4. The molecule has 0 aliphatic rings. The lowest BCUT2D eigenvalue weighted by atomic mass is 10.2. The van der Waals surface area contributed by atoms with Gasteiger partial charge in [0, 0.05) is 25.4 Å². The maximum absolute atomic E-state index is 13.0. The third-order valence-electron chi connectivity index (χ3n) is 4.22. The van der Waals surface area contributed by atoms with Crippen molar-refractivity contribution < 1.29 is 13.9 Å². The Balaban J connectivity index is 0.00000341. The molecule has 3 rings (SSSR count). The Hall–Kier alpha value is -2.88. The summed E-state index contributed by atoms with van der Waals surface area (Å²) in [4.78, 5) is 8.83. The summed E-state index contributed by atoms with van der Waals surface area (Å²) in [5.74, 6) is 2.20. The van der Waals surface area contributed by atoms with Crippen LogP contribution < -0.4 is 20.1 Å². The number of aromatic nitrogens is 1. The molecule has 1 aromatic heterocycles. The van der Waals surface area contributed by atoms with Crippen LogP contribution in [-0.4, -0.2) is 24.6 Å². The number of hydrogen-bond acceptors (Lipinski definition) is 4. The fourth-order valence-electron chi connectivity index (χ4n) is 2.67. The molecule has 0 spiro atoms. The highest BCUT2D eigenvalue weighted by Crippen LogP contribution is 2.20. The molecule has 31 heavy (non-hydrogen) atoms. The number of nitrogens with zero attached hydrogens (tertiary/aromatic N) is 2. The predicted molar refractivity (Wildman–Crippen MR) is 131 cm³/mol. The van der Waals surface area contributed by atoms with Crippen LogP contribution in [-0.2, 0) is 13.1 Å². The molecule has 1 heterocycles. The van der Waals surface area contributed by atoms with E-state index in [1.807, 2.05) is 43.3 Å². The van der Waals surface area contributed by atoms with Crippen LogP contribution in [0.5, 0.6) is 17.4 Å². The number of guanidine groups is 1. The summed E-state index contributed by atoms with van der Waals surface area (Å²) in [5, 5.41) is 6.56. The van der Waals surface area contributed by atoms with Gasteiger partial charge >= 0.3 is 0 Å². The molecule has 3 aromatic rings. The molecule has 0 radical (unpaired) electrons. The Kier molecular flexibility index (Phi) is 10.0.